The van der Waals surface area contributed by atoms with Crippen molar-refractivity contribution in [2.24, 2.45) is 5.92 Å². The standard InChI is InChI=1S/C14H22N2O3/c1-14(9-3-4-9)13(18)16(6-5-12(17)15-14)10-7-11(8-10)19-2/h9-11H,3-8H2,1-2H3,(H,15,17). The predicted octanol–water partition coefficient (Wildman–Crippen LogP) is 0.681. The van der Waals surface area contributed by atoms with Gasteiger partial charge in [0.1, 0.15) is 5.54 Å². The summed E-state index contributed by atoms with van der Waals surface area (Å²) in [5.41, 5.74) is -0.675. The van der Waals surface area contributed by atoms with E-state index in [4.69, 9.17) is 4.74 Å². The van der Waals surface area contributed by atoms with E-state index < -0.39 is 5.54 Å². The number of amides is 2. The van der Waals surface area contributed by atoms with E-state index in [1.165, 1.54) is 0 Å². The van der Waals surface area contributed by atoms with Crippen LogP contribution in [0.3, 0.4) is 0 Å². The number of ether oxygens (including phenoxy) is 1. The number of carbonyl (C=O) groups is 2. The highest BCUT2D eigenvalue weighted by molar-refractivity contribution is 5.94. The highest BCUT2D eigenvalue weighted by Gasteiger charge is 2.53. The van der Waals surface area contributed by atoms with E-state index in [1.807, 2.05) is 11.8 Å². The topological polar surface area (TPSA) is 58.6 Å². The van der Waals surface area contributed by atoms with Gasteiger partial charge >= 0.3 is 0 Å². The minimum absolute atomic E-state index is 0.00728. The number of nitrogens with zero attached hydrogens (tertiary/aromatic N) is 1. The predicted molar refractivity (Wildman–Crippen MR) is 69.4 cm³/mol. The van der Waals surface area contributed by atoms with Gasteiger partial charge in [-0.3, -0.25) is 9.59 Å². The molecule has 5 heteroatoms. The minimum Gasteiger partial charge on any atom is -0.381 e. The van der Waals surface area contributed by atoms with Crippen LogP contribution in [-0.2, 0) is 14.3 Å². The van der Waals surface area contributed by atoms with Crippen molar-refractivity contribution in [3.05, 3.63) is 0 Å². The molecule has 3 aliphatic rings. The molecule has 19 heavy (non-hydrogen) atoms. The first-order valence-electron chi connectivity index (χ1n) is 7.19. The van der Waals surface area contributed by atoms with Crippen molar-refractivity contribution in [1.82, 2.24) is 10.2 Å². The number of hydrogen-bond acceptors (Lipinski definition) is 3. The van der Waals surface area contributed by atoms with E-state index in [0.29, 0.717) is 18.9 Å². The number of methoxy groups -OCH3 is 1. The second-order valence-electron chi connectivity index (χ2n) is 6.26. The van der Waals surface area contributed by atoms with Gasteiger partial charge in [0, 0.05) is 26.1 Å². The number of hydrogen-bond donors (Lipinski definition) is 1. The molecule has 0 bridgehead atoms. The van der Waals surface area contributed by atoms with Crippen LogP contribution in [0.15, 0.2) is 0 Å². The van der Waals surface area contributed by atoms with Gasteiger partial charge in [-0.2, -0.15) is 0 Å². The fourth-order valence-electron chi connectivity index (χ4n) is 3.30. The molecule has 1 saturated heterocycles. The van der Waals surface area contributed by atoms with Crippen molar-refractivity contribution in [3.63, 3.8) is 0 Å². The third kappa shape index (κ3) is 2.14. The van der Waals surface area contributed by atoms with Crippen molar-refractivity contribution in [2.45, 2.75) is 56.7 Å². The lowest BCUT2D eigenvalue weighted by Gasteiger charge is -2.44. The molecule has 5 nitrogen and oxygen atoms in total. The fraction of sp³-hybridized carbons (Fsp3) is 0.857. The molecule has 1 N–H and O–H groups in total. The Labute approximate surface area is 113 Å². The number of carbonyl (C=O) groups excluding carboxylic acids is 2. The highest BCUT2D eigenvalue weighted by atomic mass is 16.5. The summed E-state index contributed by atoms with van der Waals surface area (Å²) >= 11 is 0. The van der Waals surface area contributed by atoms with Crippen molar-refractivity contribution >= 4 is 11.8 Å². The molecule has 2 saturated carbocycles. The molecule has 1 atom stereocenters. The van der Waals surface area contributed by atoms with Crippen LogP contribution in [0.1, 0.15) is 39.0 Å². The van der Waals surface area contributed by atoms with Gasteiger partial charge < -0.3 is 15.0 Å². The number of nitrogens with one attached hydrogen (secondary N) is 1. The van der Waals surface area contributed by atoms with Crippen molar-refractivity contribution in [2.75, 3.05) is 13.7 Å². The first-order valence-corrected chi connectivity index (χ1v) is 7.19. The third-order valence-corrected chi connectivity index (χ3v) is 4.92. The molecule has 1 heterocycles. The number of rotatable bonds is 3. The quantitative estimate of drug-likeness (QED) is 0.817. The van der Waals surface area contributed by atoms with Gasteiger partial charge in [0.15, 0.2) is 0 Å². The molecular formula is C14H22N2O3. The van der Waals surface area contributed by atoms with Crippen molar-refractivity contribution in [1.29, 1.82) is 0 Å². The summed E-state index contributed by atoms with van der Waals surface area (Å²) in [6.07, 6.45) is 4.58. The third-order valence-electron chi connectivity index (χ3n) is 4.92. The van der Waals surface area contributed by atoms with Crippen LogP contribution in [0.5, 0.6) is 0 Å². The monoisotopic (exact) mass is 266 g/mol. The summed E-state index contributed by atoms with van der Waals surface area (Å²) in [4.78, 5) is 26.6. The van der Waals surface area contributed by atoms with Gasteiger partial charge in [-0.1, -0.05) is 0 Å². The molecule has 1 aliphatic heterocycles. The van der Waals surface area contributed by atoms with Crippen LogP contribution in [0.25, 0.3) is 0 Å². The van der Waals surface area contributed by atoms with Crippen LogP contribution in [-0.4, -0.2) is 48.1 Å². The zero-order chi connectivity index (χ0) is 13.6. The first-order chi connectivity index (χ1) is 9.04. The van der Waals surface area contributed by atoms with Crippen molar-refractivity contribution in [3.8, 4) is 0 Å². The van der Waals surface area contributed by atoms with Gasteiger partial charge in [0.2, 0.25) is 11.8 Å². The molecule has 2 aliphatic carbocycles. The molecule has 0 aromatic rings. The smallest absolute Gasteiger partial charge is 0.248 e. The molecule has 0 aromatic carbocycles. The maximum absolute atomic E-state index is 12.8. The van der Waals surface area contributed by atoms with E-state index >= 15 is 0 Å². The van der Waals surface area contributed by atoms with E-state index in [0.717, 1.165) is 25.7 Å². The van der Waals surface area contributed by atoms with Crippen LogP contribution < -0.4 is 5.32 Å². The largest absolute Gasteiger partial charge is 0.381 e. The lowest BCUT2D eigenvalue weighted by Crippen LogP contribution is -2.60. The molecule has 0 spiro atoms. The summed E-state index contributed by atoms with van der Waals surface area (Å²) in [6, 6.07) is 0.253. The van der Waals surface area contributed by atoms with Gasteiger partial charge in [-0.25, -0.2) is 0 Å². The molecule has 106 valence electrons. The molecule has 2 amide bonds. The average Bonchev–Trinajstić information content (AvgIpc) is 3.14. The Morgan fingerprint density at radius 3 is 2.58 bits per heavy atom. The Bertz CT molecular complexity index is 401. The summed E-state index contributed by atoms with van der Waals surface area (Å²) in [5.74, 6) is 0.441. The Morgan fingerprint density at radius 1 is 1.32 bits per heavy atom. The van der Waals surface area contributed by atoms with Gasteiger partial charge in [-0.05, 0) is 38.5 Å². The summed E-state index contributed by atoms with van der Waals surface area (Å²) in [5, 5.41) is 2.96. The van der Waals surface area contributed by atoms with Gasteiger partial charge in [-0.15, -0.1) is 0 Å². The van der Waals surface area contributed by atoms with Crippen LogP contribution in [0.4, 0.5) is 0 Å². The minimum atomic E-state index is -0.675. The maximum atomic E-state index is 12.8. The molecule has 0 radical (unpaired) electrons. The molecule has 3 fully saturated rings. The van der Waals surface area contributed by atoms with E-state index in [9.17, 15) is 9.59 Å². The normalized spacial score (nSPS) is 39.6. The zero-order valence-electron chi connectivity index (χ0n) is 11.6. The molecule has 0 aromatic heterocycles. The maximum Gasteiger partial charge on any atom is 0.248 e. The summed E-state index contributed by atoms with van der Waals surface area (Å²) in [6.45, 7) is 2.45. The highest BCUT2D eigenvalue weighted by Crippen LogP contribution is 2.42. The Kier molecular flexibility index (Phi) is 3.04. The Balaban J connectivity index is 1.76. The van der Waals surface area contributed by atoms with Crippen molar-refractivity contribution < 1.29 is 14.3 Å². The lowest BCUT2D eigenvalue weighted by atomic mass is 9.85. The van der Waals surface area contributed by atoms with Gasteiger partial charge in [0.05, 0.1) is 6.10 Å². The van der Waals surface area contributed by atoms with E-state index in [1.54, 1.807) is 7.11 Å². The Hall–Kier alpha value is -1.10. The molecule has 3 rings (SSSR count). The second-order valence-corrected chi connectivity index (χ2v) is 6.26. The molecular weight excluding hydrogens is 244 g/mol. The summed E-state index contributed by atoms with van der Waals surface area (Å²) in [7, 11) is 1.71. The van der Waals surface area contributed by atoms with Crippen LogP contribution in [0.2, 0.25) is 0 Å². The first kappa shape index (κ1) is 12.9. The lowest BCUT2D eigenvalue weighted by molar-refractivity contribution is -0.145. The van der Waals surface area contributed by atoms with E-state index in [-0.39, 0.29) is 24.0 Å². The Morgan fingerprint density at radius 2 is 2.00 bits per heavy atom. The van der Waals surface area contributed by atoms with Crippen LogP contribution in [0, 0.1) is 5.92 Å². The van der Waals surface area contributed by atoms with Gasteiger partial charge in [0.25, 0.3) is 0 Å². The second kappa shape index (κ2) is 4.47. The average molecular weight is 266 g/mol. The summed E-state index contributed by atoms with van der Waals surface area (Å²) < 4.78 is 5.29. The van der Waals surface area contributed by atoms with Crippen LogP contribution >= 0.6 is 0 Å². The van der Waals surface area contributed by atoms with E-state index in [2.05, 4.69) is 5.32 Å². The molecule has 1 unspecified atom stereocenters. The SMILES string of the molecule is COC1CC(N2CCC(=O)NC(C)(C3CC3)C2=O)C1. The zero-order valence-corrected chi connectivity index (χ0v) is 11.6. The fourth-order valence-corrected chi connectivity index (χ4v) is 3.30.